The van der Waals surface area contributed by atoms with E-state index >= 15 is 0 Å². The van der Waals surface area contributed by atoms with Crippen molar-refractivity contribution < 1.29 is 17.2 Å². The number of hydrogen-bond acceptors (Lipinski definition) is 3. The van der Waals surface area contributed by atoms with Crippen molar-refractivity contribution in [2.24, 2.45) is 0 Å². The first-order valence-electron chi connectivity index (χ1n) is 5.32. The van der Waals surface area contributed by atoms with Crippen molar-refractivity contribution in [3.05, 3.63) is 54.1 Å². The lowest BCUT2D eigenvalue weighted by molar-refractivity contribution is 0.297. The van der Waals surface area contributed by atoms with Crippen LogP contribution in [0.15, 0.2) is 48.5 Å². The summed E-state index contributed by atoms with van der Waals surface area (Å²) in [6.45, 7) is -0.192. The van der Waals surface area contributed by atoms with Gasteiger partial charge in [0, 0.05) is 0 Å². The van der Waals surface area contributed by atoms with Gasteiger partial charge in [-0.3, -0.25) is 4.55 Å². The molecule has 0 unspecified atom stereocenters. The molecule has 0 saturated carbocycles. The van der Waals surface area contributed by atoms with Gasteiger partial charge in [0.05, 0.1) is 6.61 Å². The summed E-state index contributed by atoms with van der Waals surface area (Å²) in [5, 5.41) is 2.18. The number of benzene rings is 2. The maximum absolute atomic E-state index is 10.4. The fourth-order valence-corrected chi connectivity index (χ4v) is 1.95. The van der Waals surface area contributed by atoms with Crippen molar-refractivity contribution in [1.29, 1.82) is 0 Å². The highest BCUT2D eigenvalue weighted by atomic mass is 32.3. The summed E-state index contributed by atoms with van der Waals surface area (Å²) in [5.74, 6) is 0. The Kier molecular flexibility index (Phi) is 3.76. The van der Waals surface area contributed by atoms with Gasteiger partial charge < -0.3 is 0 Å². The molecular formula is C13H12O4S. The molecule has 0 aliphatic heterocycles. The molecule has 0 aliphatic rings. The van der Waals surface area contributed by atoms with Crippen molar-refractivity contribution in [3.8, 4) is 0 Å². The molecule has 4 nitrogen and oxygen atoms in total. The van der Waals surface area contributed by atoms with Gasteiger partial charge in [0.25, 0.3) is 0 Å². The first-order valence-corrected chi connectivity index (χ1v) is 6.69. The Hall–Kier alpha value is -1.69. The van der Waals surface area contributed by atoms with Crippen LogP contribution < -0.4 is 0 Å². The Balaban J connectivity index is 2.19. The van der Waals surface area contributed by atoms with Gasteiger partial charge in [-0.25, -0.2) is 4.18 Å². The van der Waals surface area contributed by atoms with Crippen LogP contribution in [0.25, 0.3) is 16.8 Å². The van der Waals surface area contributed by atoms with Crippen LogP contribution in [0.3, 0.4) is 0 Å². The number of hydrogen-bond donors (Lipinski definition) is 1. The second-order valence-electron chi connectivity index (χ2n) is 3.68. The third kappa shape index (κ3) is 3.40. The highest BCUT2D eigenvalue weighted by Gasteiger charge is 2.01. The predicted molar refractivity (Wildman–Crippen MR) is 70.5 cm³/mol. The zero-order chi connectivity index (χ0) is 13.0. The topological polar surface area (TPSA) is 63.6 Å². The average Bonchev–Trinajstić information content (AvgIpc) is 2.33. The van der Waals surface area contributed by atoms with Crippen LogP contribution in [0, 0.1) is 0 Å². The van der Waals surface area contributed by atoms with Gasteiger partial charge in [-0.2, -0.15) is 8.42 Å². The molecule has 94 valence electrons. The lowest BCUT2D eigenvalue weighted by Crippen LogP contribution is -2.02. The van der Waals surface area contributed by atoms with Crippen LogP contribution in [-0.4, -0.2) is 19.6 Å². The Morgan fingerprint density at radius 1 is 1.11 bits per heavy atom. The van der Waals surface area contributed by atoms with Gasteiger partial charge in [0.15, 0.2) is 0 Å². The molecule has 18 heavy (non-hydrogen) atoms. The largest absolute Gasteiger partial charge is 0.397 e. The first-order chi connectivity index (χ1) is 8.56. The predicted octanol–water partition coefficient (Wildman–Crippen LogP) is 2.67. The van der Waals surface area contributed by atoms with Crippen LogP contribution in [0.5, 0.6) is 0 Å². The maximum atomic E-state index is 10.4. The third-order valence-electron chi connectivity index (χ3n) is 2.43. The number of fused-ring (bicyclic) bond motifs is 1. The maximum Gasteiger partial charge on any atom is 0.397 e. The van der Waals surface area contributed by atoms with E-state index in [2.05, 4.69) is 4.18 Å². The molecule has 0 radical (unpaired) electrons. The lowest BCUT2D eigenvalue weighted by Gasteiger charge is -2.01. The van der Waals surface area contributed by atoms with E-state index in [1.54, 1.807) is 6.08 Å². The van der Waals surface area contributed by atoms with Gasteiger partial charge >= 0.3 is 10.4 Å². The molecule has 1 N–H and O–H groups in total. The van der Waals surface area contributed by atoms with Crippen LogP contribution in [0.2, 0.25) is 0 Å². The van der Waals surface area contributed by atoms with Gasteiger partial charge in [-0.1, -0.05) is 54.6 Å². The SMILES string of the molecule is O=S(=O)(O)OCC=Cc1cccc2ccccc12. The van der Waals surface area contributed by atoms with Crippen molar-refractivity contribution in [3.63, 3.8) is 0 Å². The van der Waals surface area contributed by atoms with E-state index in [1.807, 2.05) is 42.5 Å². The van der Waals surface area contributed by atoms with E-state index in [0.717, 1.165) is 16.3 Å². The van der Waals surface area contributed by atoms with E-state index in [1.165, 1.54) is 6.08 Å². The standard InChI is InChI=1S/C13H12O4S/c14-18(15,16)17-10-4-8-12-7-3-6-11-5-1-2-9-13(11)12/h1-9H,10H2,(H,14,15,16). The van der Waals surface area contributed by atoms with Crippen LogP contribution in [-0.2, 0) is 14.6 Å². The molecule has 0 spiro atoms. The minimum absolute atomic E-state index is 0.192. The molecule has 0 bridgehead atoms. The van der Waals surface area contributed by atoms with Crippen molar-refractivity contribution in [2.75, 3.05) is 6.61 Å². The van der Waals surface area contributed by atoms with Crippen molar-refractivity contribution in [2.45, 2.75) is 0 Å². The van der Waals surface area contributed by atoms with Crippen molar-refractivity contribution >= 4 is 27.2 Å². The molecule has 0 fully saturated rings. The van der Waals surface area contributed by atoms with E-state index in [0.29, 0.717) is 0 Å². The second kappa shape index (κ2) is 5.30. The monoisotopic (exact) mass is 264 g/mol. The normalized spacial score (nSPS) is 12.3. The van der Waals surface area contributed by atoms with E-state index in [-0.39, 0.29) is 6.61 Å². The summed E-state index contributed by atoms with van der Waals surface area (Å²) in [6, 6.07) is 13.7. The molecule has 2 aromatic rings. The summed E-state index contributed by atoms with van der Waals surface area (Å²) in [6.07, 6.45) is 3.29. The van der Waals surface area contributed by atoms with Crippen molar-refractivity contribution in [1.82, 2.24) is 0 Å². The van der Waals surface area contributed by atoms with Gasteiger partial charge in [0.1, 0.15) is 0 Å². The molecule has 0 aliphatic carbocycles. The second-order valence-corrected chi connectivity index (χ2v) is 4.77. The van der Waals surface area contributed by atoms with E-state index in [9.17, 15) is 8.42 Å². The fraction of sp³-hybridized carbons (Fsp3) is 0.0769. The fourth-order valence-electron chi connectivity index (χ4n) is 1.70. The summed E-state index contributed by atoms with van der Waals surface area (Å²) in [5.41, 5.74) is 0.965. The molecule has 5 heteroatoms. The molecule has 0 amide bonds. The molecule has 0 saturated heterocycles. The minimum atomic E-state index is -4.37. The first kappa shape index (κ1) is 12.8. The minimum Gasteiger partial charge on any atom is -0.264 e. The smallest absolute Gasteiger partial charge is 0.264 e. The van der Waals surface area contributed by atoms with Gasteiger partial charge in [-0.05, 0) is 16.3 Å². The van der Waals surface area contributed by atoms with Crippen LogP contribution in [0.1, 0.15) is 5.56 Å². The molecule has 0 heterocycles. The zero-order valence-electron chi connectivity index (χ0n) is 9.48. The third-order valence-corrected chi connectivity index (χ3v) is 2.87. The molecular weight excluding hydrogens is 252 g/mol. The summed E-state index contributed by atoms with van der Waals surface area (Å²) in [7, 11) is -4.37. The summed E-state index contributed by atoms with van der Waals surface area (Å²) >= 11 is 0. The van der Waals surface area contributed by atoms with Gasteiger partial charge in [-0.15, -0.1) is 0 Å². The molecule has 0 atom stereocenters. The lowest BCUT2D eigenvalue weighted by atomic mass is 10.0. The molecule has 0 aromatic heterocycles. The summed E-state index contributed by atoms with van der Waals surface area (Å²) in [4.78, 5) is 0. The van der Waals surface area contributed by atoms with Crippen LogP contribution in [0.4, 0.5) is 0 Å². The van der Waals surface area contributed by atoms with E-state index < -0.39 is 10.4 Å². The van der Waals surface area contributed by atoms with Gasteiger partial charge in [0.2, 0.25) is 0 Å². The zero-order valence-corrected chi connectivity index (χ0v) is 10.3. The number of rotatable bonds is 4. The van der Waals surface area contributed by atoms with E-state index in [4.69, 9.17) is 4.55 Å². The molecule has 2 aromatic carbocycles. The Morgan fingerprint density at radius 3 is 2.61 bits per heavy atom. The Labute approximate surface area is 105 Å². The quantitative estimate of drug-likeness (QED) is 0.862. The Bertz CT molecular complexity index is 669. The Morgan fingerprint density at radius 2 is 1.83 bits per heavy atom. The summed E-state index contributed by atoms with van der Waals surface area (Å²) < 4.78 is 33.3. The van der Waals surface area contributed by atoms with Crippen LogP contribution >= 0.6 is 0 Å². The highest BCUT2D eigenvalue weighted by Crippen LogP contribution is 2.19. The average molecular weight is 264 g/mol. The molecule has 2 rings (SSSR count). The highest BCUT2D eigenvalue weighted by molar-refractivity contribution is 7.80.